The molecule has 5 nitrogen and oxygen atoms in total. The van der Waals surface area contributed by atoms with Crippen molar-refractivity contribution < 1.29 is 4.74 Å². The molecule has 14 heavy (non-hydrogen) atoms. The zero-order valence-corrected chi connectivity index (χ0v) is 7.55. The summed E-state index contributed by atoms with van der Waals surface area (Å²) in [4.78, 5) is 11.9. The highest BCUT2D eigenvalue weighted by atomic mass is 16.5. The third-order valence-electron chi connectivity index (χ3n) is 1.67. The first kappa shape index (κ1) is 8.68. The van der Waals surface area contributed by atoms with E-state index in [1.54, 1.807) is 18.7 Å². The van der Waals surface area contributed by atoms with Gasteiger partial charge in [0, 0.05) is 24.5 Å². The topological polar surface area (TPSA) is 59.4 Å². The lowest BCUT2D eigenvalue weighted by molar-refractivity contribution is 0.431. The maximum atomic E-state index is 5.12. The molecule has 1 aromatic rings. The number of ether oxygens (including phenoxy) is 1. The van der Waals surface area contributed by atoms with E-state index in [-0.39, 0.29) is 0 Å². The van der Waals surface area contributed by atoms with Crippen LogP contribution in [0.2, 0.25) is 0 Å². The van der Waals surface area contributed by atoms with Gasteiger partial charge in [0.25, 0.3) is 6.02 Å². The molecule has 2 rings (SSSR count). The molecule has 0 spiro atoms. The van der Waals surface area contributed by atoms with Crippen LogP contribution in [-0.2, 0) is 11.3 Å². The minimum atomic E-state index is 0.538. The molecule has 1 aliphatic rings. The highest BCUT2D eigenvalue weighted by molar-refractivity contribution is 5.74. The molecule has 0 saturated carbocycles. The molecule has 0 aliphatic carbocycles. The molecular formula is C9H10N4O. The van der Waals surface area contributed by atoms with Gasteiger partial charge in [-0.05, 0) is 6.08 Å². The summed E-state index contributed by atoms with van der Waals surface area (Å²) in [6.07, 6.45) is 8.47. The van der Waals surface area contributed by atoms with E-state index < -0.39 is 0 Å². The van der Waals surface area contributed by atoms with E-state index >= 15 is 0 Å². The molecule has 0 bridgehead atoms. The Labute approximate surface area is 81.6 Å². The minimum absolute atomic E-state index is 0.538. The molecule has 5 heteroatoms. The van der Waals surface area contributed by atoms with Crippen LogP contribution in [0.25, 0.3) is 0 Å². The van der Waals surface area contributed by atoms with E-state index in [1.807, 2.05) is 6.08 Å². The third-order valence-corrected chi connectivity index (χ3v) is 1.67. The first-order valence-electron chi connectivity index (χ1n) is 4.29. The van der Waals surface area contributed by atoms with Gasteiger partial charge in [0.1, 0.15) is 6.33 Å². The zero-order chi connectivity index (χ0) is 9.64. The van der Waals surface area contributed by atoms with Crippen molar-refractivity contribution in [3.63, 3.8) is 0 Å². The second kappa shape index (κ2) is 4.36. The third kappa shape index (κ3) is 2.29. The minimum Gasteiger partial charge on any atom is -0.434 e. The SMILES string of the molecule is C1=COC(NCc2cncnc2)=NC1. The van der Waals surface area contributed by atoms with E-state index in [4.69, 9.17) is 4.74 Å². The summed E-state index contributed by atoms with van der Waals surface area (Å²) in [6, 6.07) is 0.538. The Morgan fingerprint density at radius 2 is 2.21 bits per heavy atom. The predicted octanol–water partition coefficient (Wildman–Crippen LogP) is 0.466. The van der Waals surface area contributed by atoms with E-state index in [2.05, 4.69) is 20.3 Å². The highest BCUT2D eigenvalue weighted by Crippen LogP contribution is 1.95. The Kier molecular flexibility index (Phi) is 2.70. The summed E-state index contributed by atoms with van der Waals surface area (Å²) in [5.74, 6) is 0. The number of hydrogen-bond donors (Lipinski definition) is 1. The van der Waals surface area contributed by atoms with Gasteiger partial charge in [0.05, 0.1) is 12.8 Å². The van der Waals surface area contributed by atoms with Gasteiger partial charge in [0.2, 0.25) is 0 Å². The van der Waals surface area contributed by atoms with Crippen LogP contribution < -0.4 is 5.32 Å². The number of nitrogens with zero attached hydrogens (tertiary/aromatic N) is 3. The molecule has 72 valence electrons. The molecule has 0 amide bonds. The van der Waals surface area contributed by atoms with Gasteiger partial charge in [-0.2, -0.15) is 0 Å². The fraction of sp³-hybridized carbons (Fsp3) is 0.222. The summed E-state index contributed by atoms with van der Waals surface area (Å²) in [6.45, 7) is 1.28. The molecule has 0 saturated heterocycles. The highest BCUT2D eigenvalue weighted by Gasteiger charge is 2.00. The number of amidine groups is 1. The van der Waals surface area contributed by atoms with Crippen LogP contribution in [0.4, 0.5) is 0 Å². The van der Waals surface area contributed by atoms with Crippen molar-refractivity contribution in [2.75, 3.05) is 6.54 Å². The van der Waals surface area contributed by atoms with Crippen LogP contribution >= 0.6 is 0 Å². The van der Waals surface area contributed by atoms with Crippen molar-refractivity contribution in [2.45, 2.75) is 6.54 Å². The summed E-state index contributed by atoms with van der Waals surface area (Å²) in [7, 11) is 0. The number of rotatable bonds is 2. The number of aliphatic imine (C=N–C) groups is 1. The molecule has 1 aliphatic heterocycles. The second-order valence-corrected chi connectivity index (χ2v) is 2.74. The van der Waals surface area contributed by atoms with Gasteiger partial charge in [-0.3, -0.25) is 0 Å². The Bertz CT molecular complexity index is 347. The summed E-state index contributed by atoms with van der Waals surface area (Å²) >= 11 is 0. The Morgan fingerprint density at radius 3 is 2.93 bits per heavy atom. The maximum absolute atomic E-state index is 5.12. The molecule has 1 aromatic heterocycles. The van der Waals surface area contributed by atoms with Crippen molar-refractivity contribution in [3.8, 4) is 0 Å². The second-order valence-electron chi connectivity index (χ2n) is 2.74. The number of nitrogens with one attached hydrogen (secondary N) is 1. The number of hydrogen-bond acceptors (Lipinski definition) is 5. The molecule has 0 atom stereocenters. The molecular weight excluding hydrogens is 180 g/mol. The maximum Gasteiger partial charge on any atom is 0.290 e. The van der Waals surface area contributed by atoms with Crippen LogP contribution in [0.5, 0.6) is 0 Å². The number of aromatic nitrogens is 2. The summed E-state index contributed by atoms with van der Waals surface area (Å²) in [5.41, 5.74) is 0.994. The smallest absolute Gasteiger partial charge is 0.290 e. The van der Waals surface area contributed by atoms with Gasteiger partial charge >= 0.3 is 0 Å². The predicted molar refractivity (Wildman–Crippen MR) is 51.4 cm³/mol. The van der Waals surface area contributed by atoms with Crippen LogP contribution in [0, 0.1) is 0 Å². The Hall–Kier alpha value is -1.91. The van der Waals surface area contributed by atoms with Crippen molar-refractivity contribution in [3.05, 3.63) is 36.6 Å². The average Bonchev–Trinajstić information content (AvgIpc) is 2.29. The van der Waals surface area contributed by atoms with E-state index in [0.29, 0.717) is 19.1 Å². The molecule has 1 N–H and O–H groups in total. The van der Waals surface area contributed by atoms with Gasteiger partial charge in [-0.25, -0.2) is 15.0 Å². The van der Waals surface area contributed by atoms with E-state index in [9.17, 15) is 0 Å². The largest absolute Gasteiger partial charge is 0.434 e. The normalized spacial score (nSPS) is 14.4. The van der Waals surface area contributed by atoms with Gasteiger partial charge in [0.15, 0.2) is 0 Å². The average molecular weight is 190 g/mol. The van der Waals surface area contributed by atoms with Gasteiger partial charge in [-0.15, -0.1) is 0 Å². The molecule has 0 unspecified atom stereocenters. The summed E-state index contributed by atoms with van der Waals surface area (Å²) in [5, 5.41) is 3.03. The lowest BCUT2D eigenvalue weighted by Gasteiger charge is -2.09. The van der Waals surface area contributed by atoms with E-state index in [0.717, 1.165) is 5.56 Å². The molecule has 0 aromatic carbocycles. The quantitative estimate of drug-likeness (QED) is 0.736. The van der Waals surface area contributed by atoms with Crippen LogP contribution in [0.15, 0.2) is 36.1 Å². The summed E-state index contributed by atoms with van der Waals surface area (Å²) < 4.78 is 5.12. The lowest BCUT2D eigenvalue weighted by Crippen LogP contribution is -2.25. The Balaban J connectivity index is 1.86. The fourth-order valence-corrected chi connectivity index (χ4v) is 1.02. The van der Waals surface area contributed by atoms with Gasteiger partial charge in [-0.1, -0.05) is 0 Å². The van der Waals surface area contributed by atoms with Crippen molar-refractivity contribution >= 4 is 6.02 Å². The standard InChI is InChI=1S/C9H10N4O/c1-2-12-9(14-3-1)13-6-8-4-10-7-11-5-8/h1,3-5,7H,2,6H2,(H,12,13). The van der Waals surface area contributed by atoms with E-state index in [1.165, 1.54) is 6.33 Å². The molecule has 0 radical (unpaired) electrons. The van der Waals surface area contributed by atoms with Crippen LogP contribution in [0.3, 0.4) is 0 Å². The zero-order valence-electron chi connectivity index (χ0n) is 7.55. The van der Waals surface area contributed by atoms with Gasteiger partial charge < -0.3 is 10.1 Å². The van der Waals surface area contributed by atoms with Crippen molar-refractivity contribution in [1.29, 1.82) is 0 Å². The fourth-order valence-electron chi connectivity index (χ4n) is 1.02. The monoisotopic (exact) mass is 190 g/mol. The lowest BCUT2D eigenvalue weighted by atomic mass is 10.3. The Morgan fingerprint density at radius 1 is 1.36 bits per heavy atom. The van der Waals surface area contributed by atoms with Crippen LogP contribution in [0.1, 0.15) is 5.56 Å². The van der Waals surface area contributed by atoms with Crippen molar-refractivity contribution in [2.24, 2.45) is 4.99 Å². The first-order valence-corrected chi connectivity index (χ1v) is 4.29. The van der Waals surface area contributed by atoms with Crippen LogP contribution in [-0.4, -0.2) is 22.5 Å². The molecule has 2 heterocycles. The molecule has 0 fully saturated rings. The first-order chi connectivity index (χ1) is 6.95. The van der Waals surface area contributed by atoms with Crippen molar-refractivity contribution in [1.82, 2.24) is 15.3 Å².